The number of carbonyl (C=O) groups excluding carboxylic acids is 2. The van der Waals surface area contributed by atoms with E-state index >= 15 is 0 Å². The predicted molar refractivity (Wildman–Crippen MR) is 68.0 cm³/mol. The second-order valence-corrected chi connectivity index (χ2v) is 4.54. The van der Waals surface area contributed by atoms with Gasteiger partial charge in [0.1, 0.15) is 0 Å². The summed E-state index contributed by atoms with van der Waals surface area (Å²) >= 11 is 0. The highest BCUT2D eigenvalue weighted by Gasteiger charge is 2.22. The van der Waals surface area contributed by atoms with Gasteiger partial charge in [0.2, 0.25) is 5.91 Å². The molecule has 2 amide bonds. The van der Waals surface area contributed by atoms with E-state index in [4.69, 9.17) is 0 Å². The van der Waals surface area contributed by atoms with E-state index in [-0.39, 0.29) is 17.9 Å². The van der Waals surface area contributed by atoms with E-state index in [1.807, 2.05) is 4.90 Å². The molecule has 4 nitrogen and oxygen atoms in total. The fourth-order valence-corrected chi connectivity index (χ4v) is 2.15. The average Bonchev–Trinajstić information content (AvgIpc) is 2.40. The van der Waals surface area contributed by atoms with Gasteiger partial charge in [-0.3, -0.25) is 9.59 Å². The van der Waals surface area contributed by atoms with Gasteiger partial charge < -0.3 is 10.2 Å². The predicted octanol–water partition coefficient (Wildman–Crippen LogP) is 1.23. The van der Waals surface area contributed by atoms with Crippen LogP contribution < -0.4 is 5.32 Å². The zero-order valence-electron chi connectivity index (χ0n) is 10.5. The minimum Gasteiger partial charge on any atom is -0.349 e. The lowest BCUT2D eigenvalue weighted by Gasteiger charge is -2.31. The Labute approximate surface area is 107 Å². The molecule has 0 aromatic heterocycles. The average molecular weight is 245 g/mol. The molecule has 1 fully saturated rings. The van der Waals surface area contributed by atoms with Crippen LogP contribution in [0.2, 0.25) is 0 Å². The molecular formula is C14H17N2O2. The van der Waals surface area contributed by atoms with E-state index in [2.05, 4.69) is 11.4 Å². The summed E-state index contributed by atoms with van der Waals surface area (Å²) in [6.45, 7) is 3.03. The van der Waals surface area contributed by atoms with Gasteiger partial charge in [0.05, 0.1) is 0 Å². The maximum atomic E-state index is 11.9. The molecule has 0 unspecified atom stereocenters. The molecule has 1 radical (unpaired) electrons. The molecule has 4 heteroatoms. The van der Waals surface area contributed by atoms with E-state index in [0.29, 0.717) is 5.56 Å². The molecule has 95 valence electrons. The second-order valence-electron chi connectivity index (χ2n) is 4.54. The van der Waals surface area contributed by atoms with Crippen molar-refractivity contribution in [2.24, 2.45) is 0 Å². The summed E-state index contributed by atoms with van der Waals surface area (Å²) in [5.74, 6) is 0.0589. The number of hydrogen-bond donors (Lipinski definition) is 1. The van der Waals surface area contributed by atoms with Gasteiger partial charge in [0, 0.05) is 31.6 Å². The van der Waals surface area contributed by atoms with Crippen LogP contribution in [0.4, 0.5) is 0 Å². The Morgan fingerprint density at radius 2 is 1.89 bits per heavy atom. The molecule has 1 aromatic rings. The quantitative estimate of drug-likeness (QED) is 0.852. The maximum Gasteiger partial charge on any atom is 0.251 e. The fourth-order valence-electron chi connectivity index (χ4n) is 2.15. The van der Waals surface area contributed by atoms with Gasteiger partial charge in [-0.05, 0) is 31.0 Å². The summed E-state index contributed by atoms with van der Waals surface area (Å²) in [5.41, 5.74) is 0.655. The van der Waals surface area contributed by atoms with Gasteiger partial charge in [-0.2, -0.15) is 0 Å². The molecule has 0 aliphatic carbocycles. The highest BCUT2D eigenvalue weighted by molar-refractivity contribution is 5.94. The Bertz CT molecular complexity index is 423. The summed E-state index contributed by atoms with van der Waals surface area (Å²) < 4.78 is 0. The van der Waals surface area contributed by atoms with Crippen LogP contribution >= 0.6 is 0 Å². The Hall–Kier alpha value is -1.84. The first-order chi connectivity index (χ1) is 8.66. The molecule has 0 atom stereocenters. The first kappa shape index (κ1) is 12.6. The van der Waals surface area contributed by atoms with Crippen molar-refractivity contribution < 1.29 is 9.59 Å². The van der Waals surface area contributed by atoms with Crippen LogP contribution in [0.5, 0.6) is 0 Å². The van der Waals surface area contributed by atoms with Crippen LogP contribution in [0.25, 0.3) is 0 Å². The molecule has 2 rings (SSSR count). The first-order valence-electron chi connectivity index (χ1n) is 6.19. The van der Waals surface area contributed by atoms with Gasteiger partial charge in [-0.1, -0.05) is 12.1 Å². The smallest absolute Gasteiger partial charge is 0.251 e. The zero-order chi connectivity index (χ0) is 13.0. The maximum absolute atomic E-state index is 11.9. The number of rotatable bonds is 2. The first-order valence-corrected chi connectivity index (χ1v) is 6.19. The topological polar surface area (TPSA) is 49.4 Å². The lowest BCUT2D eigenvalue weighted by atomic mass is 10.0. The molecule has 1 saturated heterocycles. The van der Waals surface area contributed by atoms with Crippen LogP contribution in [-0.2, 0) is 4.79 Å². The Kier molecular flexibility index (Phi) is 3.97. The van der Waals surface area contributed by atoms with Crippen molar-refractivity contribution in [3.63, 3.8) is 0 Å². The van der Waals surface area contributed by atoms with Crippen molar-refractivity contribution in [3.8, 4) is 0 Å². The van der Waals surface area contributed by atoms with Crippen LogP contribution in [-0.4, -0.2) is 35.8 Å². The van der Waals surface area contributed by atoms with Crippen LogP contribution in [0, 0.1) is 6.07 Å². The van der Waals surface area contributed by atoms with Gasteiger partial charge in [0.25, 0.3) is 5.91 Å². The van der Waals surface area contributed by atoms with Crippen molar-refractivity contribution in [3.05, 3.63) is 35.9 Å². The lowest BCUT2D eigenvalue weighted by Crippen LogP contribution is -2.45. The van der Waals surface area contributed by atoms with Crippen LogP contribution in [0.15, 0.2) is 24.3 Å². The normalized spacial score (nSPS) is 16.4. The minimum atomic E-state index is -0.0507. The van der Waals surface area contributed by atoms with Crippen molar-refractivity contribution in [2.45, 2.75) is 25.8 Å². The van der Waals surface area contributed by atoms with Crippen LogP contribution in [0.1, 0.15) is 30.1 Å². The van der Waals surface area contributed by atoms with E-state index < -0.39 is 0 Å². The molecular weight excluding hydrogens is 228 g/mol. The Morgan fingerprint density at radius 1 is 1.28 bits per heavy atom. The largest absolute Gasteiger partial charge is 0.349 e. The minimum absolute atomic E-state index is 0.0507. The number of hydrogen-bond acceptors (Lipinski definition) is 2. The molecule has 18 heavy (non-hydrogen) atoms. The van der Waals surface area contributed by atoms with Crippen molar-refractivity contribution in [1.82, 2.24) is 10.2 Å². The number of piperidine rings is 1. The molecule has 0 saturated carbocycles. The SMILES string of the molecule is CC(=O)N1CCC(NC(=O)c2cc[c]cc2)CC1. The standard InChI is InChI=1S/C14H17N2O2/c1-11(17)16-9-7-13(8-10-16)15-14(18)12-5-3-2-4-6-12/h3-6,13H,7-10H2,1H3,(H,15,18). The van der Waals surface area contributed by atoms with Crippen molar-refractivity contribution in [2.75, 3.05) is 13.1 Å². The number of nitrogens with zero attached hydrogens (tertiary/aromatic N) is 1. The van der Waals surface area contributed by atoms with E-state index in [1.165, 1.54) is 0 Å². The van der Waals surface area contributed by atoms with E-state index in [9.17, 15) is 9.59 Å². The fraction of sp³-hybridized carbons (Fsp3) is 0.429. The number of nitrogens with one attached hydrogen (secondary N) is 1. The molecule has 1 aliphatic rings. The number of benzene rings is 1. The van der Waals surface area contributed by atoms with Gasteiger partial charge in [0.15, 0.2) is 0 Å². The highest BCUT2D eigenvalue weighted by atomic mass is 16.2. The molecule has 1 aliphatic heterocycles. The van der Waals surface area contributed by atoms with E-state index in [1.54, 1.807) is 31.2 Å². The number of likely N-dealkylation sites (tertiary alicyclic amines) is 1. The van der Waals surface area contributed by atoms with Gasteiger partial charge in [-0.15, -0.1) is 0 Å². The zero-order valence-corrected chi connectivity index (χ0v) is 10.5. The second kappa shape index (κ2) is 5.67. The highest BCUT2D eigenvalue weighted by Crippen LogP contribution is 2.11. The van der Waals surface area contributed by atoms with Gasteiger partial charge in [-0.25, -0.2) is 0 Å². The molecule has 0 spiro atoms. The summed E-state index contributed by atoms with van der Waals surface area (Å²) in [6, 6.07) is 10.0. The summed E-state index contributed by atoms with van der Waals surface area (Å²) in [4.78, 5) is 24.9. The lowest BCUT2D eigenvalue weighted by molar-refractivity contribution is -0.129. The Balaban J connectivity index is 1.85. The van der Waals surface area contributed by atoms with Crippen molar-refractivity contribution in [1.29, 1.82) is 0 Å². The van der Waals surface area contributed by atoms with Crippen molar-refractivity contribution >= 4 is 11.8 Å². The molecule has 1 N–H and O–H groups in total. The monoisotopic (exact) mass is 245 g/mol. The summed E-state index contributed by atoms with van der Waals surface area (Å²) in [7, 11) is 0. The molecule has 1 heterocycles. The summed E-state index contributed by atoms with van der Waals surface area (Å²) in [6.07, 6.45) is 1.65. The third-order valence-electron chi connectivity index (χ3n) is 3.26. The third-order valence-corrected chi connectivity index (χ3v) is 3.26. The summed E-state index contributed by atoms with van der Waals surface area (Å²) in [5, 5.41) is 3.00. The number of amides is 2. The Morgan fingerprint density at radius 3 is 2.44 bits per heavy atom. The number of carbonyl (C=O) groups is 2. The van der Waals surface area contributed by atoms with Gasteiger partial charge >= 0.3 is 0 Å². The van der Waals surface area contributed by atoms with E-state index in [0.717, 1.165) is 25.9 Å². The molecule has 0 bridgehead atoms. The third kappa shape index (κ3) is 3.09. The molecule has 1 aromatic carbocycles. The van der Waals surface area contributed by atoms with Crippen LogP contribution in [0.3, 0.4) is 0 Å².